The molecular weight excluding hydrogens is 456 g/mol. The summed E-state index contributed by atoms with van der Waals surface area (Å²) < 4.78 is 25.1. The van der Waals surface area contributed by atoms with Gasteiger partial charge in [-0.15, -0.1) is 0 Å². The van der Waals surface area contributed by atoms with E-state index in [9.17, 15) is 18.0 Å². The number of fused-ring (bicyclic) bond motifs is 1. The summed E-state index contributed by atoms with van der Waals surface area (Å²) in [4.78, 5) is 37.5. The molecule has 2 aromatic rings. The predicted octanol–water partition coefficient (Wildman–Crippen LogP) is 0.902. The Hall–Kier alpha value is -3.05. The lowest BCUT2D eigenvalue weighted by molar-refractivity contribution is 0.0766. The molecule has 2 fully saturated rings. The zero-order chi connectivity index (χ0) is 24.5. The number of benzene rings is 1. The molecule has 10 nitrogen and oxygen atoms in total. The largest absolute Gasteiger partial charge is 0.364 e. The maximum atomic E-state index is 13.3. The summed E-state index contributed by atoms with van der Waals surface area (Å²) in [5.41, 5.74) is 6.64. The van der Waals surface area contributed by atoms with Crippen LogP contribution in [0.2, 0.25) is 0 Å². The monoisotopic (exact) mass is 485 g/mol. The number of nitrogens with zero attached hydrogens (tertiary/aromatic N) is 4. The molecule has 1 aromatic heterocycles. The number of anilines is 1. The first-order valence-corrected chi connectivity index (χ1v) is 13.1. The number of amides is 2. The molecule has 3 N–H and O–H groups in total. The van der Waals surface area contributed by atoms with E-state index in [1.54, 1.807) is 4.90 Å². The van der Waals surface area contributed by atoms with Gasteiger partial charge in [-0.05, 0) is 43.7 Å². The molecule has 34 heavy (non-hydrogen) atoms. The molecule has 11 heteroatoms. The number of rotatable bonds is 8. The number of likely N-dealkylation sites (tertiary alicyclic amines) is 2. The van der Waals surface area contributed by atoms with Crippen LogP contribution in [-0.2, 0) is 10.0 Å². The standard InChI is InChI=1S/C23H29N6O4S/c1-15-19(20(21(24)30)26-23(25-15)27-34(2,32)33)22(31)29-13-17-11-28(12-18(17)14-29)10-6-9-16-7-4-3-5-8-16/h3-5,7-9,17-18H,6,10-14H2,1-2H3,(H2,24,30)(H,25,26,27)/t17-,18?/m0/s1. The number of sulfonamides is 1. The van der Waals surface area contributed by atoms with E-state index < -0.39 is 15.9 Å². The van der Waals surface area contributed by atoms with Crippen LogP contribution in [0.25, 0.3) is 0 Å². The van der Waals surface area contributed by atoms with Gasteiger partial charge in [0.25, 0.3) is 11.8 Å². The molecule has 1 aromatic carbocycles. The Kier molecular flexibility index (Phi) is 6.85. The summed E-state index contributed by atoms with van der Waals surface area (Å²) in [6.07, 6.45) is 4.15. The Balaban J connectivity index is 1.39. The second-order valence-corrected chi connectivity index (χ2v) is 10.7. The van der Waals surface area contributed by atoms with Crippen LogP contribution < -0.4 is 10.5 Å². The molecule has 4 rings (SSSR count). The number of carbonyl (C=O) groups is 2. The van der Waals surface area contributed by atoms with Crippen LogP contribution in [-0.4, -0.2) is 79.0 Å². The van der Waals surface area contributed by atoms with E-state index in [1.807, 2.05) is 18.2 Å². The molecule has 0 spiro atoms. The molecule has 2 aliphatic heterocycles. The van der Waals surface area contributed by atoms with Gasteiger partial charge in [0.15, 0.2) is 0 Å². The smallest absolute Gasteiger partial charge is 0.268 e. The third kappa shape index (κ3) is 5.53. The van der Waals surface area contributed by atoms with E-state index in [0.717, 1.165) is 32.3 Å². The minimum atomic E-state index is -3.65. The van der Waals surface area contributed by atoms with E-state index in [2.05, 4.69) is 38.1 Å². The van der Waals surface area contributed by atoms with Crippen molar-refractivity contribution in [2.75, 3.05) is 43.7 Å². The van der Waals surface area contributed by atoms with Crippen molar-refractivity contribution in [3.05, 3.63) is 59.3 Å². The average molecular weight is 486 g/mol. The molecule has 1 unspecified atom stereocenters. The number of hydrogen-bond acceptors (Lipinski definition) is 7. The summed E-state index contributed by atoms with van der Waals surface area (Å²) in [6, 6.07) is 10.3. The molecule has 2 saturated heterocycles. The molecule has 3 heterocycles. The van der Waals surface area contributed by atoms with Gasteiger partial charge >= 0.3 is 0 Å². The number of nitrogens with one attached hydrogen (secondary N) is 1. The number of carbonyl (C=O) groups excluding carboxylic acids is 2. The molecule has 1 radical (unpaired) electrons. The zero-order valence-electron chi connectivity index (χ0n) is 19.3. The molecule has 2 atom stereocenters. The van der Waals surface area contributed by atoms with Gasteiger partial charge in [0.1, 0.15) is 5.69 Å². The number of aromatic nitrogens is 2. The van der Waals surface area contributed by atoms with Crippen molar-refractivity contribution in [2.45, 2.75) is 13.3 Å². The maximum Gasteiger partial charge on any atom is 0.268 e. The minimum Gasteiger partial charge on any atom is -0.364 e. The Morgan fingerprint density at radius 1 is 1.12 bits per heavy atom. The van der Waals surface area contributed by atoms with Gasteiger partial charge in [0.2, 0.25) is 16.0 Å². The summed E-state index contributed by atoms with van der Waals surface area (Å²) in [5, 5.41) is 0. The SMILES string of the molecule is Cc1nc(NS(C)(=O)=O)nc(C(N)=O)c1C(=O)N1CC2CN(CC[CH]c3ccccc3)C[C@H]2C1. The van der Waals surface area contributed by atoms with Crippen LogP contribution in [0.15, 0.2) is 30.3 Å². The highest BCUT2D eigenvalue weighted by molar-refractivity contribution is 7.91. The van der Waals surface area contributed by atoms with Crippen LogP contribution in [0.3, 0.4) is 0 Å². The third-order valence-electron chi connectivity index (χ3n) is 6.29. The average Bonchev–Trinajstić information content (AvgIpc) is 3.31. The van der Waals surface area contributed by atoms with E-state index in [4.69, 9.17) is 5.73 Å². The third-order valence-corrected chi connectivity index (χ3v) is 6.84. The molecular formula is C23H29N6O4S. The second kappa shape index (κ2) is 9.67. The first-order valence-electron chi connectivity index (χ1n) is 11.2. The number of aryl methyl sites for hydroxylation is 1. The Bertz CT molecular complexity index is 1170. The summed E-state index contributed by atoms with van der Waals surface area (Å²) in [5.74, 6) is -0.817. The van der Waals surface area contributed by atoms with Gasteiger partial charge < -0.3 is 15.5 Å². The normalized spacial score (nSPS) is 20.4. The highest BCUT2D eigenvalue weighted by atomic mass is 32.2. The van der Waals surface area contributed by atoms with Crippen molar-refractivity contribution in [2.24, 2.45) is 17.6 Å². The Morgan fingerprint density at radius 3 is 2.35 bits per heavy atom. The Labute approximate surface area is 199 Å². The zero-order valence-corrected chi connectivity index (χ0v) is 20.1. The fourth-order valence-corrected chi connectivity index (χ4v) is 5.24. The molecule has 181 valence electrons. The van der Waals surface area contributed by atoms with Crippen LogP contribution >= 0.6 is 0 Å². The second-order valence-electron chi connectivity index (χ2n) is 8.99. The summed E-state index contributed by atoms with van der Waals surface area (Å²) in [7, 11) is -3.65. The van der Waals surface area contributed by atoms with Gasteiger partial charge in [0, 0.05) is 26.2 Å². The molecule has 0 bridgehead atoms. The van der Waals surface area contributed by atoms with Crippen LogP contribution in [0.5, 0.6) is 0 Å². The van der Waals surface area contributed by atoms with Crippen molar-refractivity contribution in [1.82, 2.24) is 19.8 Å². The van der Waals surface area contributed by atoms with E-state index in [-0.39, 0.29) is 28.8 Å². The van der Waals surface area contributed by atoms with E-state index >= 15 is 0 Å². The van der Waals surface area contributed by atoms with Crippen LogP contribution in [0, 0.1) is 25.2 Å². The fraction of sp³-hybridized carbons (Fsp3) is 0.435. The molecule has 0 saturated carbocycles. The van der Waals surface area contributed by atoms with Crippen molar-refractivity contribution in [3.8, 4) is 0 Å². The minimum absolute atomic E-state index is 0.0286. The topological polar surface area (TPSA) is 139 Å². The first kappa shape index (κ1) is 24.1. The van der Waals surface area contributed by atoms with Gasteiger partial charge in [0.05, 0.1) is 17.5 Å². The predicted molar refractivity (Wildman–Crippen MR) is 128 cm³/mol. The molecule has 0 aliphatic carbocycles. The maximum absolute atomic E-state index is 13.3. The highest BCUT2D eigenvalue weighted by Crippen LogP contribution is 2.32. The lowest BCUT2D eigenvalue weighted by Crippen LogP contribution is -2.36. The lowest BCUT2D eigenvalue weighted by Gasteiger charge is -2.22. The van der Waals surface area contributed by atoms with Gasteiger partial charge in [-0.1, -0.05) is 30.3 Å². The summed E-state index contributed by atoms with van der Waals surface area (Å²) in [6.45, 7) is 5.53. The van der Waals surface area contributed by atoms with Crippen molar-refractivity contribution in [1.29, 1.82) is 0 Å². The van der Waals surface area contributed by atoms with E-state index in [0.29, 0.717) is 24.9 Å². The van der Waals surface area contributed by atoms with Gasteiger partial charge in [-0.3, -0.25) is 14.3 Å². The van der Waals surface area contributed by atoms with Gasteiger partial charge in [-0.25, -0.2) is 18.4 Å². The highest BCUT2D eigenvalue weighted by Gasteiger charge is 2.42. The van der Waals surface area contributed by atoms with Gasteiger partial charge in [-0.2, -0.15) is 0 Å². The summed E-state index contributed by atoms with van der Waals surface area (Å²) >= 11 is 0. The van der Waals surface area contributed by atoms with Crippen LogP contribution in [0.4, 0.5) is 5.95 Å². The van der Waals surface area contributed by atoms with Crippen molar-refractivity contribution >= 4 is 27.8 Å². The molecule has 2 amide bonds. The quantitative estimate of drug-likeness (QED) is 0.566. The first-order chi connectivity index (χ1) is 16.1. The molecule has 2 aliphatic rings. The van der Waals surface area contributed by atoms with Crippen molar-refractivity contribution < 1.29 is 18.0 Å². The number of nitrogens with two attached hydrogens (primary N) is 1. The van der Waals surface area contributed by atoms with Crippen LogP contribution in [0.1, 0.15) is 38.5 Å². The van der Waals surface area contributed by atoms with E-state index in [1.165, 1.54) is 12.5 Å². The lowest BCUT2D eigenvalue weighted by atomic mass is 10.0. The number of primary amides is 1. The Morgan fingerprint density at radius 2 is 1.76 bits per heavy atom. The fourth-order valence-electron chi connectivity index (χ4n) is 4.82. The van der Waals surface area contributed by atoms with Crippen molar-refractivity contribution in [3.63, 3.8) is 0 Å². The number of hydrogen-bond donors (Lipinski definition) is 2.